The van der Waals surface area contributed by atoms with Gasteiger partial charge in [0, 0.05) is 5.56 Å². The van der Waals surface area contributed by atoms with Crippen molar-refractivity contribution >= 4 is 12.1 Å². The van der Waals surface area contributed by atoms with Gasteiger partial charge in [-0.1, -0.05) is 6.92 Å². The number of nitrogens with one attached hydrogen (secondary N) is 1. The first-order valence-electron chi connectivity index (χ1n) is 9.08. The van der Waals surface area contributed by atoms with Crippen molar-refractivity contribution in [2.75, 3.05) is 27.4 Å². The van der Waals surface area contributed by atoms with Gasteiger partial charge in [-0.2, -0.15) is 5.10 Å². The van der Waals surface area contributed by atoms with Gasteiger partial charge in [0.25, 0.3) is 5.91 Å². The fourth-order valence-corrected chi connectivity index (χ4v) is 2.41. The van der Waals surface area contributed by atoms with E-state index in [-0.39, 0.29) is 5.91 Å². The van der Waals surface area contributed by atoms with Crippen LogP contribution >= 0.6 is 0 Å². The molecule has 0 fully saturated rings. The summed E-state index contributed by atoms with van der Waals surface area (Å²) >= 11 is 0. The molecule has 0 spiro atoms. The lowest BCUT2D eigenvalue weighted by Gasteiger charge is -2.11. The molecule has 0 aliphatic rings. The topological polar surface area (TPSA) is 78.4 Å². The van der Waals surface area contributed by atoms with Crippen LogP contribution in [-0.4, -0.2) is 39.6 Å². The number of carbonyl (C=O) groups excluding carboxylic acids is 1. The van der Waals surface area contributed by atoms with Crippen molar-refractivity contribution in [1.29, 1.82) is 0 Å². The zero-order chi connectivity index (χ0) is 20.4. The molecule has 0 aliphatic carbocycles. The lowest BCUT2D eigenvalue weighted by molar-refractivity contribution is 0.0954. The Balaban J connectivity index is 2.06. The van der Waals surface area contributed by atoms with Gasteiger partial charge in [-0.05, 0) is 55.3 Å². The molecule has 28 heavy (non-hydrogen) atoms. The monoisotopic (exact) mass is 386 g/mol. The molecule has 0 radical (unpaired) electrons. The highest BCUT2D eigenvalue weighted by molar-refractivity contribution is 5.95. The minimum Gasteiger partial charge on any atom is -0.493 e. The van der Waals surface area contributed by atoms with Gasteiger partial charge >= 0.3 is 0 Å². The largest absolute Gasteiger partial charge is 0.493 e. The van der Waals surface area contributed by atoms with Crippen LogP contribution in [0.4, 0.5) is 0 Å². The van der Waals surface area contributed by atoms with Gasteiger partial charge in [-0.15, -0.1) is 0 Å². The summed E-state index contributed by atoms with van der Waals surface area (Å²) in [4.78, 5) is 12.3. The average Bonchev–Trinajstić information content (AvgIpc) is 2.72. The molecule has 2 aromatic carbocycles. The Labute approximate surface area is 165 Å². The van der Waals surface area contributed by atoms with Crippen molar-refractivity contribution in [3.05, 3.63) is 47.5 Å². The molecular formula is C21H26N2O5. The van der Waals surface area contributed by atoms with Gasteiger partial charge < -0.3 is 18.9 Å². The zero-order valence-corrected chi connectivity index (χ0v) is 16.7. The predicted molar refractivity (Wildman–Crippen MR) is 108 cm³/mol. The van der Waals surface area contributed by atoms with E-state index in [1.54, 1.807) is 37.4 Å². The number of hydrazone groups is 1. The summed E-state index contributed by atoms with van der Waals surface area (Å²) in [5, 5.41) is 4.01. The molecule has 0 bridgehead atoms. The van der Waals surface area contributed by atoms with E-state index < -0.39 is 0 Å². The quantitative estimate of drug-likeness (QED) is 0.498. The van der Waals surface area contributed by atoms with Crippen molar-refractivity contribution in [3.63, 3.8) is 0 Å². The number of hydrogen-bond donors (Lipinski definition) is 1. The van der Waals surface area contributed by atoms with E-state index in [0.717, 1.165) is 12.0 Å². The van der Waals surface area contributed by atoms with Crippen LogP contribution in [-0.2, 0) is 0 Å². The van der Waals surface area contributed by atoms with Gasteiger partial charge in [0.1, 0.15) is 0 Å². The molecule has 1 amide bonds. The number of benzene rings is 2. The number of methoxy groups -OCH3 is 2. The third-order valence-corrected chi connectivity index (χ3v) is 3.75. The summed E-state index contributed by atoms with van der Waals surface area (Å²) in [6, 6.07) is 10.4. The smallest absolute Gasteiger partial charge is 0.271 e. The Morgan fingerprint density at radius 1 is 0.964 bits per heavy atom. The third-order valence-electron chi connectivity index (χ3n) is 3.75. The number of rotatable bonds is 10. The molecule has 0 aromatic heterocycles. The molecule has 0 saturated carbocycles. The molecule has 1 N–H and O–H groups in total. The molecule has 7 nitrogen and oxygen atoms in total. The first-order chi connectivity index (χ1) is 13.6. The average molecular weight is 386 g/mol. The van der Waals surface area contributed by atoms with Crippen LogP contribution in [0.15, 0.2) is 41.5 Å². The molecular weight excluding hydrogens is 360 g/mol. The number of hydrogen-bond acceptors (Lipinski definition) is 6. The molecule has 0 atom stereocenters. The second-order valence-corrected chi connectivity index (χ2v) is 5.76. The standard InChI is InChI=1S/C21H26N2O5/c1-5-11-28-18-10-8-16(13-19(18)26-4)21(24)23-22-14-15-7-9-17(25-3)20(12-15)27-6-2/h7-10,12-14H,5-6,11H2,1-4H3,(H,23,24)/b22-14+. The number of ether oxygens (including phenoxy) is 4. The minimum absolute atomic E-state index is 0.352. The first-order valence-corrected chi connectivity index (χ1v) is 9.08. The fraction of sp³-hybridized carbons (Fsp3) is 0.333. The molecule has 0 heterocycles. The molecule has 7 heteroatoms. The molecule has 0 saturated heterocycles. The Hall–Kier alpha value is -3.22. The van der Waals surface area contributed by atoms with Crippen LogP contribution in [0.3, 0.4) is 0 Å². The summed E-state index contributed by atoms with van der Waals surface area (Å²) in [7, 11) is 3.12. The number of nitrogens with zero attached hydrogens (tertiary/aromatic N) is 1. The van der Waals surface area contributed by atoms with Gasteiger partial charge in [-0.25, -0.2) is 5.43 Å². The lowest BCUT2D eigenvalue weighted by atomic mass is 10.2. The van der Waals surface area contributed by atoms with Gasteiger partial charge in [-0.3, -0.25) is 4.79 Å². The SMILES string of the molecule is CCCOc1ccc(C(=O)N/N=C/c2ccc(OC)c(OCC)c2)cc1OC. The highest BCUT2D eigenvalue weighted by Crippen LogP contribution is 2.28. The third kappa shape index (κ3) is 5.64. The second-order valence-electron chi connectivity index (χ2n) is 5.76. The highest BCUT2D eigenvalue weighted by Gasteiger charge is 2.11. The summed E-state index contributed by atoms with van der Waals surface area (Å²) < 4.78 is 21.7. The Bertz CT molecular complexity index is 820. The molecule has 2 rings (SSSR count). The van der Waals surface area contributed by atoms with E-state index in [1.807, 2.05) is 19.9 Å². The maximum atomic E-state index is 12.3. The van der Waals surface area contributed by atoms with Gasteiger partial charge in [0.05, 0.1) is 33.6 Å². The maximum Gasteiger partial charge on any atom is 0.271 e. The summed E-state index contributed by atoms with van der Waals surface area (Å²) in [6.45, 7) is 5.02. The predicted octanol–water partition coefficient (Wildman–Crippen LogP) is 3.66. The van der Waals surface area contributed by atoms with Crippen LogP contribution in [0, 0.1) is 0 Å². The van der Waals surface area contributed by atoms with Crippen molar-refractivity contribution in [1.82, 2.24) is 5.43 Å². The van der Waals surface area contributed by atoms with Crippen molar-refractivity contribution in [3.8, 4) is 23.0 Å². The van der Waals surface area contributed by atoms with Crippen LogP contribution in [0.1, 0.15) is 36.2 Å². The minimum atomic E-state index is -0.352. The summed E-state index contributed by atoms with van der Waals surface area (Å²) in [5.41, 5.74) is 3.69. The van der Waals surface area contributed by atoms with E-state index in [4.69, 9.17) is 18.9 Å². The van der Waals surface area contributed by atoms with Gasteiger partial charge in [0.2, 0.25) is 0 Å². The molecule has 0 aliphatic heterocycles. The van der Waals surface area contributed by atoms with Crippen LogP contribution in [0.25, 0.3) is 0 Å². The van der Waals surface area contributed by atoms with E-state index in [1.165, 1.54) is 13.3 Å². The number of amides is 1. The van der Waals surface area contributed by atoms with Crippen molar-refractivity contribution < 1.29 is 23.7 Å². The van der Waals surface area contributed by atoms with E-state index >= 15 is 0 Å². The van der Waals surface area contributed by atoms with Crippen molar-refractivity contribution in [2.45, 2.75) is 20.3 Å². The maximum absolute atomic E-state index is 12.3. The lowest BCUT2D eigenvalue weighted by Crippen LogP contribution is -2.17. The Kier molecular flexibility index (Phi) is 8.14. The summed E-state index contributed by atoms with van der Waals surface area (Å²) in [6.07, 6.45) is 2.42. The van der Waals surface area contributed by atoms with E-state index in [0.29, 0.717) is 41.8 Å². The van der Waals surface area contributed by atoms with Crippen LogP contribution < -0.4 is 24.4 Å². The molecule has 2 aromatic rings. The molecule has 0 unspecified atom stereocenters. The second kappa shape index (κ2) is 10.8. The number of carbonyl (C=O) groups is 1. The summed E-state index contributed by atoms with van der Waals surface area (Å²) in [5.74, 6) is 2.01. The van der Waals surface area contributed by atoms with E-state index in [9.17, 15) is 4.79 Å². The normalized spacial score (nSPS) is 10.6. The van der Waals surface area contributed by atoms with Crippen LogP contribution in [0.5, 0.6) is 23.0 Å². The fourth-order valence-electron chi connectivity index (χ4n) is 2.41. The Morgan fingerprint density at radius 2 is 1.71 bits per heavy atom. The van der Waals surface area contributed by atoms with Crippen molar-refractivity contribution in [2.24, 2.45) is 5.10 Å². The van der Waals surface area contributed by atoms with Gasteiger partial charge in [0.15, 0.2) is 23.0 Å². The first kappa shape index (κ1) is 21.1. The molecule has 150 valence electrons. The van der Waals surface area contributed by atoms with Crippen LogP contribution in [0.2, 0.25) is 0 Å². The Morgan fingerprint density at radius 3 is 2.39 bits per heavy atom. The van der Waals surface area contributed by atoms with E-state index in [2.05, 4.69) is 10.5 Å². The zero-order valence-electron chi connectivity index (χ0n) is 16.7. The highest BCUT2D eigenvalue weighted by atomic mass is 16.5.